The van der Waals surface area contributed by atoms with Crippen molar-refractivity contribution in [3.05, 3.63) is 69.5 Å². The number of carbonyl (C=O) groups is 1. The van der Waals surface area contributed by atoms with Crippen LogP contribution in [-0.4, -0.2) is 31.1 Å². The molecule has 2 N–H and O–H groups in total. The van der Waals surface area contributed by atoms with E-state index in [1.54, 1.807) is 12.1 Å². The Balaban J connectivity index is 1.55. The first-order valence-corrected chi connectivity index (χ1v) is 11.6. The fourth-order valence-corrected chi connectivity index (χ4v) is 4.92. The van der Waals surface area contributed by atoms with Gasteiger partial charge < -0.3 is 0 Å². The molecule has 0 atom stereocenters. The molecular formula is C18H15Cl2FN4O3S2. The molecule has 1 amide bonds. The Kier molecular flexibility index (Phi) is 7.37. The van der Waals surface area contributed by atoms with E-state index in [9.17, 15) is 17.6 Å². The van der Waals surface area contributed by atoms with Gasteiger partial charge in [0.15, 0.2) is 0 Å². The van der Waals surface area contributed by atoms with Gasteiger partial charge in [0.25, 0.3) is 15.9 Å². The molecular weight excluding hydrogens is 474 g/mol. The minimum atomic E-state index is -3.87. The van der Waals surface area contributed by atoms with Gasteiger partial charge in [0, 0.05) is 11.6 Å². The summed E-state index contributed by atoms with van der Waals surface area (Å²) in [5.41, 5.74) is 1.07. The maximum absolute atomic E-state index is 12.9. The minimum Gasteiger partial charge on any atom is -0.296 e. The highest BCUT2D eigenvalue weighted by Gasteiger charge is 2.21. The lowest BCUT2D eigenvalue weighted by molar-refractivity contribution is 0.102. The maximum Gasteiger partial charge on any atom is 0.269 e. The maximum atomic E-state index is 12.9. The molecule has 12 heteroatoms. The Labute approximate surface area is 186 Å². The van der Waals surface area contributed by atoms with Gasteiger partial charge in [0.2, 0.25) is 9.47 Å². The average Bonchev–Trinajstić information content (AvgIpc) is 3.16. The standard InChI is InChI=1S/C18H15Cl2FN4O3S2/c19-12-5-8-14(15(20)10-12)16(26)23-17-24-25-18(29-17)30(27,28)22-9-1-2-11-3-6-13(21)7-4-11/h3-8,10,22H,1-2,9H2,(H,23,24,26). The molecule has 0 spiro atoms. The summed E-state index contributed by atoms with van der Waals surface area (Å²) < 4.78 is 39.7. The third kappa shape index (κ3) is 5.96. The van der Waals surface area contributed by atoms with Crippen molar-refractivity contribution in [1.82, 2.24) is 14.9 Å². The van der Waals surface area contributed by atoms with Crippen LogP contribution in [0.3, 0.4) is 0 Å². The highest BCUT2D eigenvalue weighted by atomic mass is 35.5. The first-order valence-electron chi connectivity index (χ1n) is 8.58. The summed E-state index contributed by atoms with van der Waals surface area (Å²) in [5.74, 6) is -0.888. The topological polar surface area (TPSA) is 101 Å². The number of nitrogens with zero attached hydrogens (tertiary/aromatic N) is 2. The van der Waals surface area contributed by atoms with Crippen molar-refractivity contribution in [1.29, 1.82) is 0 Å². The Morgan fingerprint density at radius 2 is 1.83 bits per heavy atom. The van der Waals surface area contributed by atoms with Gasteiger partial charge in [-0.2, -0.15) is 0 Å². The van der Waals surface area contributed by atoms with Crippen LogP contribution in [-0.2, 0) is 16.4 Å². The van der Waals surface area contributed by atoms with E-state index in [4.69, 9.17) is 23.2 Å². The van der Waals surface area contributed by atoms with E-state index in [1.807, 2.05) is 0 Å². The van der Waals surface area contributed by atoms with Crippen molar-refractivity contribution in [3.8, 4) is 0 Å². The Hall–Kier alpha value is -2.11. The van der Waals surface area contributed by atoms with Gasteiger partial charge >= 0.3 is 0 Å². The van der Waals surface area contributed by atoms with Gasteiger partial charge in [-0.05, 0) is 48.7 Å². The summed E-state index contributed by atoms with van der Waals surface area (Å²) in [6, 6.07) is 10.4. The van der Waals surface area contributed by atoms with Gasteiger partial charge in [-0.15, -0.1) is 10.2 Å². The number of hydrogen-bond donors (Lipinski definition) is 2. The predicted molar refractivity (Wildman–Crippen MR) is 114 cm³/mol. The number of hydrogen-bond acceptors (Lipinski definition) is 6. The normalized spacial score (nSPS) is 11.4. The van der Waals surface area contributed by atoms with Crippen molar-refractivity contribution in [3.63, 3.8) is 0 Å². The van der Waals surface area contributed by atoms with E-state index >= 15 is 0 Å². The third-order valence-electron chi connectivity index (χ3n) is 3.88. The van der Waals surface area contributed by atoms with Crippen LogP contribution < -0.4 is 10.0 Å². The molecule has 158 valence electrons. The molecule has 2 aromatic carbocycles. The molecule has 30 heavy (non-hydrogen) atoms. The van der Waals surface area contributed by atoms with E-state index in [0.717, 1.165) is 5.56 Å². The monoisotopic (exact) mass is 488 g/mol. The van der Waals surface area contributed by atoms with Gasteiger partial charge in [0.1, 0.15) is 5.82 Å². The van der Waals surface area contributed by atoms with Gasteiger partial charge in [-0.25, -0.2) is 17.5 Å². The molecule has 0 aliphatic carbocycles. The molecule has 7 nitrogen and oxygen atoms in total. The smallest absolute Gasteiger partial charge is 0.269 e. The molecule has 0 aliphatic heterocycles. The van der Waals surface area contributed by atoms with Gasteiger partial charge in [0.05, 0.1) is 10.6 Å². The molecule has 0 aliphatic rings. The molecule has 3 aromatic rings. The van der Waals surface area contributed by atoms with E-state index < -0.39 is 15.9 Å². The number of anilines is 1. The third-order valence-corrected chi connectivity index (χ3v) is 7.10. The second-order valence-corrected chi connectivity index (χ2v) is 9.84. The first-order chi connectivity index (χ1) is 14.2. The number of carbonyl (C=O) groups excluding carboxylic acids is 1. The molecule has 1 heterocycles. The fourth-order valence-electron chi connectivity index (χ4n) is 2.42. The number of halogens is 3. The van der Waals surface area contributed by atoms with E-state index in [0.29, 0.717) is 29.2 Å². The van der Waals surface area contributed by atoms with Crippen LogP contribution in [0.2, 0.25) is 10.0 Å². The number of aromatic nitrogens is 2. The molecule has 3 rings (SSSR count). The SMILES string of the molecule is O=C(Nc1nnc(S(=O)(=O)NCCCc2ccc(F)cc2)s1)c1ccc(Cl)cc1Cl. The molecule has 0 unspecified atom stereocenters. The minimum absolute atomic E-state index is 0.0118. The Morgan fingerprint density at radius 3 is 2.53 bits per heavy atom. The average molecular weight is 489 g/mol. The second-order valence-electron chi connectivity index (χ2n) is 6.08. The molecule has 0 radical (unpaired) electrons. The van der Waals surface area contributed by atoms with E-state index in [1.165, 1.54) is 30.3 Å². The van der Waals surface area contributed by atoms with Crippen molar-refractivity contribution in [2.24, 2.45) is 0 Å². The summed E-state index contributed by atoms with van der Waals surface area (Å²) in [6.45, 7) is 0.168. The highest BCUT2D eigenvalue weighted by molar-refractivity contribution is 7.91. The summed E-state index contributed by atoms with van der Waals surface area (Å²) in [6.07, 6.45) is 1.10. The van der Waals surface area contributed by atoms with Crippen LogP contribution in [0.1, 0.15) is 22.3 Å². The first kappa shape index (κ1) is 22.6. The number of benzene rings is 2. The summed E-state index contributed by atoms with van der Waals surface area (Å²) in [5, 5.41) is 10.3. The molecule has 1 aromatic heterocycles. The second kappa shape index (κ2) is 9.80. The molecule has 0 saturated carbocycles. The lowest BCUT2D eigenvalue weighted by Gasteiger charge is -2.04. The van der Waals surface area contributed by atoms with Crippen molar-refractivity contribution in [2.45, 2.75) is 17.2 Å². The van der Waals surface area contributed by atoms with Crippen LogP contribution in [0.5, 0.6) is 0 Å². The van der Waals surface area contributed by atoms with Crippen LogP contribution in [0.25, 0.3) is 0 Å². The zero-order valence-electron chi connectivity index (χ0n) is 15.2. The largest absolute Gasteiger partial charge is 0.296 e. The summed E-state index contributed by atoms with van der Waals surface area (Å²) in [4.78, 5) is 12.3. The number of sulfonamides is 1. The fraction of sp³-hybridized carbons (Fsp3) is 0.167. The Morgan fingerprint density at radius 1 is 1.10 bits per heavy atom. The number of amides is 1. The molecule has 0 fully saturated rings. The van der Waals surface area contributed by atoms with Crippen molar-refractivity contribution >= 4 is 55.6 Å². The van der Waals surface area contributed by atoms with E-state index in [2.05, 4.69) is 20.2 Å². The van der Waals surface area contributed by atoms with Crippen LogP contribution in [0.15, 0.2) is 46.8 Å². The number of nitrogens with one attached hydrogen (secondary N) is 2. The van der Waals surface area contributed by atoms with Crippen molar-refractivity contribution in [2.75, 3.05) is 11.9 Å². The summed E-state index contributed by atoms with van der Waals surface area (Å²) in [7, 11) is -3.87. The zero-order chi connectivity index (χ0) is 21.7. The van der Waals surface area contributed by atoms with Gasteiger partial charge in [-0.3, -0.25) is 10.1 Å². The van der Waals surface area contributed by atoms with Crippen LogP contribution in [0, 0.1) is 5.82 Å². The highest BCUT2D eigenvalue weighted by Crippen LogP contribution is 2.24. The lowest BCUT2D eigenvalue weighted by atomic mass is 10.1. The Bertz CT molecular complexity index is 1150. The predicted octanol–water partition coefficient (Wildman–Crippen LogP) is 4.15. The lowest BCUT2D eigenvalue weighted by Crippen LogP contribution is -2.25. The van der Waals surface area contributed by atoms with E-state index in [-0.39, 0.29) is 32.4 Å². The van der Waals surface area contributed by atoms with Crippen molar-refractivity contribution < 1.29 is 17.6 Å². The number of aryl methyl sites for hydroxylation is 1. The summed E-state index contributed by atoms with van der Waals surface area (Å²) >= 11 is 12.5. The molecule has 0 saturated heterocycles. The van der Waals surface area contributed by atoms with Crippen LogP contribution in [0.4, 0.5) is 9.52 Å². The van der Waals surface area contributed by atoms with Crippen LogP contribution >= 0.6 is 34.5 Å². The zero-order valence-corrected chi connectivity index (χ0v) is 18.4. The van der Waals surface area contributed by atoms with Gasteiger partial charge in [-0.1, -0.05) is 46.7 Å². The number of rotatable bonds is 8. The molecule has 0 bridgehead atoms. The quantitative estimate of drug-likeness (QED) is 0.366.